The molecule has 2 heteroatoms. The maximum Gasteiger partial charge on any atom is 0.143 e. The third-order valence-electron chi connectivity index (χ3n) is 13.3. The Morgan fingerprint density at radius 1 is 0.349 bits per heavy atom. The van der Waals surface area contributed by atoms with E-state index in [1.807, 2.05) is 0 Å². The monoisotopic (exact) mass is 805 g/mol. The molecule has 1 aliphatic rings. The number of hydrogen-bond acceptors (Lipinski definition) is 2. The maximum atomic E-state index is 6.80. The van der Waals surface area contributed by atoms with Crippen LogP contribution in [0.1, 0.15) is 25.0 Å². The Morgan fingerprint density at radius 2 is 0.968 bits per heavy atom. The summed E-state index contributed by atoms with van der Waals surface area (Å²) < 4.78 is 6.80. The van der Waals surface area contributed by atoms with Crippen LogP contribution in [-0.2, 0) is 5.41 Å². The number of rotatable bonds is 7. The van der Waals surface area contributed by atoms with Gasteiger partial charge in [-0.1, -0.05) is 190 Å². The first-order chi connectivity index (χ1) is 31.0. The molecule has 0 spiro atoms. The Balaban J connectivity index is 1.12. The van der Waals surface area contributed by atoms with Gasteiger partial charge in [0.15, 0.2) is 0 Å². The van der Waals surface area contributed by atoms with Crippen molar-refractivity contribution < 1.29 is 4.42 Å². The summed E-state index contributed by atoms with van der Waals surface area (Å²) in [5.74, 6) is 0. The molecule has 0 N–H and O–H groups in total. The van der Waals surface area contributed by atoms with Crippen molar-refractivity contribution in [3.05, 3.63) is 236 Å². The van der Waals surface area contributed by atoms with Gasteiger partial charge in [0, 0.05) is 38.7 Å². The van der Waals surface area contributed by atoms with Gasteiger partial charge in [-0.3, -0.25) is 0 Å². The number of nitrogens with zero attached hydrogens (tertiary/aromatic N) is 1. The second-order valence-corrected chi connectivity index (χ2v) is 17.3. The fourth-order valence-electron chi connectivity index (χ4n) is 10.0. The quantitative estimate of drug-likeness (QED) is 0.160. The van der Waals surface area contributed by atoms with Gasteiger partial charge >= 0.3 is 0 Å². The first-order valence-electron chi connectivity index (χ1n) is 21.8. The van der Waals surface area contributed by atoms with E-state index in [0.717, 1.165) is 66.8 Å². The molecule has 0 saturated heterocycles. The van der Waals surface area contributed by atoms with Crippen LogP contribution >= 0.6 is 0 Å². The van der Waals surface area contributed by atoms with Crippen LogP contribution in [-0.4, -0.2) is 0 Å². The summed E-state index contributed by atoms with van der Waals surface area (Å²) in [6, 6.07) is 81.8. The molecule has 1 aromatic heterocycles. The highest BCUT2D eigenvalue weighted by atomic mass is 16.3. The van der Waals surface area contributed by atoms with Gasteiger partial charge in [-0.15, -0.1) is 0 Å². The molecule has 0 atom stereocenters. The minimum Gasteiger partial charge on any atom is -0.455 e. The van der Waals surface area contributed by atoms with Crippen molar-refractivity contribution in [3.63, 3.8) is 0 Å². The van der Waals surface area contributed by atoms with Gasteiger partial charge in [0.2, 0.25) is 0 Å². The molecule has 0 fully saturated rings. The molecule has 0 unspecified atom stereocenters. The number of benzene rings is 10. The zero-order valence-corrected chi connectivity index (χ0v) is 35.2. The van der Waals surface area contributed by atoms with E-state index in [1.165, 1.54) is 49.7 Å². The molecule has 63 heavy (non-hydrogen) atoms. The predicted molar refractivity (Wildman–Crippen MR) is 265 cm³/mol. The van der Waals surface area contributed by atoms with Crippen LogP contribution in [0, 0.1) is 0 Å². The Bertz CT molecular complexity index is 3520. The third-order valence-corrected chi connectivity index (χ3v) is 13.3. The van der Waals surface area contributed by atoms with Gasteiger partial charge in [0.1, 0.15) is 11.2 Å². The lowest BCUT2D eigenvalue weighted by Crippen LogP contribution is -2.17. The molecule has 298 valence electrons. The number of para-hydroxylation sites is 1. The van der Waals surface area contributed by atoms with Gasteiger partial charge < -0.3 is 9.32 Å². The SMILES string of the molecule is CC1(C)c2ccccc2-c2ccc(N(c3cc(-c4ccc5ccccc5c4)c4oc5ccccc5c4c3)c3ccc(-c4ccc(-c5ccccc5)cc4)cc3-c3ccccc3)cc21. The minimum atomic E-state index is -0.174. The van der Waals surface area contributed by atoms with Crippen LogP contribution in [0.15, 0.2) is 229 Å². The van der Waals surface area contributed by atoms with E-state index in [-0.39, 0.29) is 5.41 Å². The van der Waals surface area contributed by atoms with Crippen LogP contribution in [0.5, 0.6) is 0 Å². The minimum absolute atomic E-state index is 0.174. The Kier molecular flexibility index (Phi) is 8.55. The Labute approximate surface area is 368 Å². The molecule has 0 amide bonds. The Hall–Kier alpha value is -7.94. The highest BCUT2D eigenvalue weighted by Crippen LogP contribution is 2.52. The topological polar surface area (TPSA) is 16.4 Å². The second kappa shape index (κ2) is 14.6. The van der Waals surface area contributed by atoms with Crippen molar-refractivity contribution in [2.45, 2.75) is 19.3 Å². The van der Waals surface area contributed by atoms with Gasteiger partial charge in [-0.2, -0.15) is 0 Å². The number of furan rings is 1. The molecule has 0 radical (unpaired) electrons. The van der Waals surface area contributed by atoms with Gasteiger partial charge in [0.25, 0.3) is 0 Å². The lowest BCUT2D eigenvalue weighted by atomic mass is 9.82. The van der Waals surface area contributed by atoms with Crippen LogP contribution in [0.4, 0.5) is 17.1 Å². The standard InChI is InChI=1S/C61H43NO/c1-61(2)56-23-13-11-21-50(56)51-33-32-48(39-57(51)61)62(49-37-54(47-30-29-41-17-9-10-20-45(41)35-47)60-55(38-49)52-22-12-14-24-59(52)63-60)58-34-31-46(36-53(58)44-18-7-4-8-19-44)43-27-25-42(26-28-43)40-15-5-3-6-16-40/h3-39H,1-2H3. The van der Waals surface area contributed by atoms with Crippen molar-refractivity contribution in [1.29, 1.82) is 0 Å². The Morgan fingerprint density at radius 3 is 1.78 bits per heavy atom. The normalized spacial score (nSPS) is 12.7. The molecule has 0 bridgehead atoms. The van der Waals surface area contributed by atoms with Gasteiger partial charge in [0.05, 0.1) is 5.69 Å². The van der Waals surface area contributed by atoms with Crippen molar-refractivity contribution in [2.75, 3.05) is 4.90 Å². The number of anilines is 3. The smallest absolute Gasteiger partial charge is 0.143 e. The molecule has 12 rings (SSSR count). The molecule has 1 heterocycles. The van der Waals surface area contributed by atoms with Crippen LogP contribution in [0.25, 0.3) is 88.3 Å². The van der Waals surface area contributed by atoms with E-state index in [4.69, 9.17) is 4.42 Å². The van der Waals surface area contributed by atoms with E-state index in [2.05, 4.69) is 243 Å². The number of hydrogen-bond donors (Lipinski definition) is 0. The number of fused-ring (bicyclic) bond motifs is 7. The lowest BCUT2D eigenvalue weighted by molar-refractivity contribution is 0.660. The summed E-state index contributed by atoms with van der Waals surface area (Å²) in [6.07, 6.45) is 0. The van der Waals surface area contributed by atoms with Gasteiger partial charge in [-0.25, -0.2) is 0 Å². The van der Waals surface area contributed by atoms with Crippen LogP contribution in [0.3, 0.4) is 0 Å². The molecule has 2 nitrogen and oxygen atoms in total. The second-order valence-electron chi connectivity index (χ2n) is 17.3. The molecular weight excluding hydrogens is 763 g/mol. The van der Waals surface area contributed by atoms with Crippen molar-refractivity contribution in [2.24, 2.45) is 0 Å². The van der Waals surface area contributed by atoms with Crippen LogP contribution in [0.2, 0.25) is 0 Å². The highest BCUT2D eigenvalue weighted by molar-refractivity contribution is 6.12. The molecule has 11 aromatic rings. The van der Waals surface area contributed by atoms with Crippen molar-refractivity contribution in [3.8, 4) is 55.6 Å². The summed E-state index contributed by atoms with van der Waals surface area (Å²) in [5.41, 5.74) is 19.4. The lowest BCUT2D eigenvalue weighted by Gasteiger charge is -2.30. The average Bonchev–Trinajstić information content (AvgIpc) is 3.83. The highest BCUT2D eigenvalue weighted by Gasteiger charge is 2.36. The molecule has 0 aliphatic heterocycles. The molecule has 10 aromatic carbocycles. The first-order valence-corrected chi connectivity index (χ1v) is 21.8. The maximum absolute atomic E-state index is 6.80. The van der Waals surface area contributed by atoms with E-state index in [0.29, 0.717) is 0 Å². The summed E-state index contributed by atoms with van der Waals surface area (Å²) in [6.45, 7) is 4.72. The van der Waals surface area contributed by atoms with Crippen molar-refractivity contribution in [1.82, 2.24) is 0 Å². The zero-order chi connectivity index (χ0) is 42.1. The molecular formula is C61H43NO. The zero-order valence-electron chi connectivity index (χ0n) is 35.2. The summed E-state index contributed by atoms with van der Waals surface area (Å²) in [5, 5.41) is 4.59. The van der Waals surface area contributed by atoms with E-state index in [1.54, 1.807) is 0 Å². The average molecular weight is 806 g/mol. The molecule has 1 aliphatic carbocycles. The first kappa shape index (κ1) is 36.9. The van der Waals surface area contributed by atoms with Crippen LogP contribution < -0.4 is 4.90 Å². The van der Waals surface area contributed by atoms with E-state index in [9.17, 15) is 0 Å². The summed E-state index contributed by atoms with van der Waals surface area (Å²) >= 11 is 0. The van der Waals surface area contributed by atoms with Crippen molar-refractivity contribution >= 4 is 49.8 Å². The predicted octanol–water partition coefficient (Wildman–Crippen LogP) is 17.2. The van der Waals surface area contributed by atoms with Gasteiger partial charge in [-0.05, 0) is 115 Å². The largest absolute Gasteiger partial charge is 0.455 e. The van der Waals surface area contributed by atoms with E-state index >= 15 is 0 Å². The molecule has 0 saturated carbocycles. The summed E-state index contributed by atoms with van der Waals surface area (Å²) in [4.78, 5) is 2.48. The fourth-order valence-corrected chi connectivity index (χ4v) is 10.0. The fraction of sp³-hybridized carbons (Fsp3) is 0.0492. The van der Waals surface area contributed by atoms with E-state index < -0.39 is 0 Å². The third kappa shape index (κ3) is 6.17. The summed E-state index contributed by atoms with van der Waals surface area (Å²) in [7, 11) is 0.